The second-order valence-electron chi connectivity index (χ2n) is 13.7. The van der Waals surface area contributed by atoms with E-state index >= 15 is 0 Å². The van der Waals surface area contributed by atoms with Gasteiger partial charge in [0.25, 0.3) is 9.84 Å². The van der Waals surface area contributed by atoms with Crippen LogP contribution in [0.15, 0.2) is 69.1 Å². The average molecular weight is 778 g/mol. The third-order valence-corrected chi connectivity index (χ3v) is 12.0. The summed E-state index contributed by atoms with van der Waals surface area (Å²) in [7, 11) is -2.16. The molecule has 1 aliphatic carbocycles. The Morgan fingerprint density at radius 2 is 1.62 bits per heavy atom. The molecule has 0 unspecified atom stereocenters. The van der Waals surface area contributed by atoms with Crippen LogP contribution in [0.4, 0.5) is 0 Å². The van der Waals surface area contributed by atoms with Crippen LogP contribution in [0.5, 0.6) is 28.9 Å². The zero-order valence-electron chi connectivity index (χ0n) is 30.0. The number of hydrogen-bond acceptors (Lipinski definition) is 15. The van der Waals surface area contributed by atoms with Gasteiger partial charge in [-0.3, -0.25) is 19.1 Å². The number of nitrogens with zero attached hydrogens (tertiary/aromatic N) is 3. The van der Waals surface area contributed by atoms with Crippen molar-refractivity contribution >= 4 is 21.8 Å². The van der Waals surface area contributed by atoms with Gasteiger partial charge >= 0.3 is 22.8 Å². The molecule has 4 aromatic rings. The van der Waals surface area contributed by atoms with Crippen LogP contribution >= 0.6 is 0 Å². The van der Waals surface area contributed by atoms with Gasteiger partial charge in [0, 0.05) is 30.5 Å². The molecule has 55 heavy (non-hydrogen) atoms. The van der Waals surface area contributed by atoms with Gasteiger partial charge in [0.05, 0.1) is 36.1 Å². The zero-order chi connectivity index (χ0) is 38.1. The van der Waals surface area contributed by atoms with Crippen LogP contribution in [0.25, 0.3) is 0 Å². The molecule has 0 amide bonds. The van der Waals surface area contributed by atoms with Gasteiger partial charge in [-0.2, -0.15) is 0 Å². The molecule has 4 aliphatic rings. The highest BCUT2D eigenvalue weighted by Crippen LogP contribution is 2.55. The lowest BCUT2D eigenvalue weighted by molar-refractivity contribution is -0.832. The van der Waals surface area contributed by atoms with E-state index < -0.39 is 38.8 Å². The van der Waals surface area contributed by atoms with Crippen LogP contribution in [0.2, 0.25) is 0 Å². The number of hydrogen-bond donors (Lipinski definition) is 0. The fourth-order valence-corrected chi connectivity index (χ4v) is 9.01. The van der Waals surface area contributed by atoms with Crippen LogP contribution < -0.4 is 28.6 Å². The smallest absolute Gasteiger partial charge is 0.414 e. The topological polar surface area (TPSA) is 189 Å². The van der Waals surface area contributed by atoms with Gasteiger partial charge in [-0.25, -0.2) is 8.42 Å². The van der Waals surface area contributed by atoms with E-state index in [1.54, 1.807) is 6.07 Å². The fourth-order valence-electron chi connectivity index (χ4n) is 7.72. The molecular formula is C38H39N3O13S. The number of esters is 2. The molecule has 4 heterocycles. The molecule has 1 aromatic heterocycles. The number of ether oxygens (including phenoxy) is 7. The molecule has 3 atom stereocenters. The van der Waals surface area contributed by atoms with Crippen LogP contribution in [0.3, 0.4) is 0 Å². The van der Waals surface area contributed by atoms with E-state index in [2.05, 4.69) is 14.7 Å². The Hall–Kier alpha value is -5.55. The summed E-state index contributed by atoms with van der Waals surface area (Å²) in [6.45, 7) is 1.19. The lowest BCUT2D eigenvalue weighted by Gasteiger charge is -2.47. The molecule has 8 rings (SSSR count). The summed E-state index contributed by atoms with van der Waals surface area (Å²) in [6.07, 6.45) is 2.16. The minimum atomic E-state index is -4.20. The van der Waals surface area contributed by atoms with E-state index in [1.807, 2.05) is 31.3 Å². The van der Waals surface area contributed by atoms with Gasteiger partial charge < -0.3 is 38.4 Å². The Morgan fingerprint density at radius 1 is 0.891 bits per heavy atom. The van der Waals surface area contributed by atoms with Crippen LogP contribution in [-0.2, 0) is 41.9 Å². The van der Waals surface area contributed by atoms with Crippen molar-refractivity contribution in [2.45, 2.75) is 79.5 Å². The molecule has 0 fully saturated rings. The molecular weight excluding hydrogens is 738 g/mol. The van der Waals surface area contributed by atoms with Gasteiger partial charge in [0.1, 0.15) is 6.10 Å². The van der Waals surface area contributed by atoms with Crippen LogP contribution in [0.1, 0.15) is 72.7 Å². The molecule has 0 radical (unpaired) electrons. The Kier molecular flexibility index (Phi) is 10.1. The lowest BCUT2D eigenvalue weighted by Crippen LogP contribution is -2.45. The van der Waals surface area contributed by atoms with E-state index in [4.69, 9.17) is 33.2 Å². The predicted octanol–water partition coefficient (Wildman–Crippen LogP) is 4.30. The first kappa shape index (κ1) is 36.4. The monoisotopic (exact) mass is 777 g/mol. The summed E-state index contributed by atoms with van der Waals surface area (Å²) in [6, 6.07) is 15.3. The standard InChI is InChI=1S/C38H39N3O13S/c1-40-20-27-25(11-12-28-36(27)52-22-49-28)34-31(18-23-17-29-30(51-21-50-29)19-26(23)35(34)40)53-33(43)14-13-32(42)47-15-7-2-3-8-16-48-37-38(41(44)54-39-37)55(45,46)24-9-5-4-6-10-24/h4-6,9-12,17,19,31,34-35H,2-3,7-8,13-16,18,20-22H2,1H3/t31-,34-,35+/m0/s1. The summed E-state index contributed by atoms with van der Waals surface area (Å²) >= 11 is 0. The fraction of sp³-hybridized carbons (Fsp3) is 0.421. The Labute approximate surface area is 316 Å². The minimum absolute atomic E-state index is 0.0876. The summed E-state index contributed by atoms with van der Waals surface area (Å²) in [5.74, 6) is 1.17. The second-order valence-corrected chi connectivity index (χ2v) is 15.6. The van der Waals surface area contributed by atoms with Gasteiger partial charge in [-0.1, -0.05) is 24.3 Å². The van der Waals surface area contributed by atoms with E-state index in [1.165, 1.54) is 24.3 Å². The molecule has 0 saturated carbocycles. The Balaban J connectivity index is 0.807. The molecule has 3 aromatic carbocycles. The van der Waals surface area contributed by atoms with E-state index in [-0.39, 0.29) is 61.4 Å². The highest BCUT2D eigenvalue weighted by molar-refractivity contribution is 7.91. The molecule has 290 valence electrons. The van der Waals surface area contributed by atoms with E-state index in [0.717, 1.165) is 28.0 Å². The quantitative estimate of drug-likeness (QED) is 0.100. The average Bonchev–Trinajstić information content (AvgIpc) is 3.94. The Morgan fingerprint density at radius 3 is 2.44 bits per heavy atom. The van der Waals surface area contributed by atoms with Crippen molar-refractivity contribution in [3.63, 3.8) is 0 Å². The lowest BCUT2D eigenvalue weighted by atomic mass is 9.70. The van der Waals surface area contributed by atoms with Crippen LogP contribution in [-0.4, -0.2) is 70.4 Å². The predicted molar refractivity (Wildman–Crippen MR) is 187 cm³/mol. The molecule has 3 aliphatic heterocycles. The SMILES string of the molecule is CN1Cc2c(ccc3c2OCO3)[C@H]2[C@@H](OC(=O)CCC(=O)OCCCCCCOc3no[n+]([O-])c3S(=O)(=O)c3ccccc3)Cc3cc4c(cc3[C@H]21)OCO4. The number of unbranched alkanes of at least 4 members (excludes halogenated alkanes) is 3. The van der Waals surface area contributed by atoms with Crippen molar-refractivity contribution < 1.29 is 60.7 Å². The number of aromatic nitrogens is 2. The number of sulfone groups is 1. The number of carbonyl (C=O) groups excluding carboxylic acids is 2. The number of fused-ring (bicyclic) bond motifs is 8. The second kappa shape index (κ2) is 15.3. The number of likely N-dealkylation sites (N-methyl/N-ethyl adjacent to an activating group) is 1. The first-order valence-electron chi connectivity index (χ1n) is 18.1. The molecule has 16 nitrogen and oxygen atoms in total. The highest BCUT2D eigenvalue weighted by atomic mass is 32.2. The van der Waals surface area contributed by atoms with Crippen molar-refractivity contribution in [1.29, 1.82) is 0 Å². The molecule has 0 spiro atoms. The van der Waals surface area contributed by atoms with Crippen LogP contribution in [0, 0.1) is 5.21 Å². The van der Waals surface area contributed by atoms with E-state index in [0.29, 0.717) is 55.9 Å². The highest BCUT2D eigenvalue weighted by Gasteiger charge is 2.47. The van der Waals surface area contributed by atoms with E-state index in [9.17, 15) is 23.2 Å². The molecule has 0 bridgehead atoms. The van der Waals surface area contributed by atoms with Crippen molar-refractivity contribution in [2.24, 2.45) is 0 Å². The zero-order valence-corrected chi connectivity index (χ0v) is 30.8. The van der Waals surface area contributed by atoms with Gasteiger partial charge in [-0.15, -0.1) is 0 Å². The summed E-state index contributed by atoms with van der Waals surface area (Å²) in [4.78, 5) is 27.8. The molecule has 17 heteroatoms. The maximum Gasteiger partial charge on any atom is 0.414 e. The van der Waals surface area contributed by atoms with Gasteiger partial charge in [0.2, 0.25) is 13.6 Å². The summed E-state index contributed by atoms with van der Waals surface area (Å²) < 4.78 is 70.2. The third-order valence-electron chi connectivity index (χ3n) is 10.2. The van der Waals surface area contributed by atoms with Crippen molar-refractivity contribution in [3.8, 4) is 28.9 Å². The van der Waals surface area contributed by atoms with Crippen molar-refractivity contribution in [2.75, 3.05) is 33.8 Å². The maximum absolute atomic E-state index is 13.3. The third kappa shape index (κ3) is 7.21. The molecule has 0 N–H and O–H groups in total. The number of rotatable bonds is 14. The first-order chi connectivity index (χ1) is 26.7. The number of carbonyl (C=O) groups is 2. The van der Waals surface area contributed by atoms with Crippen molar-refractivity contribution in [1.82, 2.24) is 10.1 Å². The summed E-state index contributed by atoms with van der Waals surface area (Å²) in [5, 5.41) is 14.8. The minimum Gasteiger partial charge on any atom is -0.466 e. The van der Waals surface area contributed by atoms with Crippen molar-refractivity contribution in [3.05, 3.63) is 82.1 Å². The largest absolute Gasteiger partial charge is 0.466 e. The summed E-state index contributed by atoms with van der Waals surface area (Å²) in [5.41, 5.74) is 4.16. The Bertz CT molecular complexity index is 2190. The molecule has 0 saturated heterocycles. The number of benzene rings is 3. The first-order valence-corrected chi connectivity index (χ1v) is 19.6. The normalized spacial score (nSPS) is 19.3. The van der Waals surface area contributed by atoms with Gasteiger partial charge in [-0.05, 0) is 84.7 Å². The maximum atomic E-state index is 13.3. The van der Waals surface area contributed by atoms with Gasteiger partial charge in [0.15, 0.2) is 23.0 Å².